The van der Waals surface area contributed by atoms with Gasteiger partial charge in [0.15, 0.2) is 0 Å². The second-order valence-corrected chi connectivity index (χ2v) is 6.71. The third-order valence-corrected chi connectivity index (χ3v) is 3.98. The van der Waals surface area contributed by atoms with Crippen LogP contribution in [-0.2, 0) is 6.54 Å². The minimum atomic E-state index is 0.0862. The third kappa shape index (κ3) is 5.36. The highest BCUT2D eigenvalue weighted by Gasteiger charge is 2.08. The van der Waals surface area contributed by atoms with Crippen molar-refractivity contribution in [2.24, 2.45) is 0 Å². The van der Waals surface area contributed by atoms with E-state index in [9.17, 15) is 0 Å². The minimum Gasteiger partial charge on any atom is -0.497 e. The summed E-state index contributed by atoms with van der Waals surface area (Å²) in [5.41, 5.74) is 2.85. The van der Waals surface area contributed by atoms with Crippen molar-refractivity contribution < 1.29 is 9.47 Å². The largest absolute Gasteiger partial charge is 0.497 e. The highest BCUT2D eigenvalue weighted by atomic mass is 16.5. The Balaban J connectivity index is 1.72. The molecule has 0 aliphatic rings. The molecule has 2 aromatic carbocycles. The zero-order valence-corrected chi connectivity index (χ0v) is 16.7. The van der Waals surface area contributed by atoms with Crippen LogP contribution < -0.4 is 20.1 Å². The fourth-order valence-electron chi connectivity index (χ4n) is 2.70. The Morgan fingerprint density at radius 2 is 1.75 bits per heavy atom. The maximum Gasteiger partial charge on any atom is 0.229 e. The number of hydrogen-bond donors (Lipinski definition) is 2. The van der Waals surface area contributed by atoms with E-state index >= 15 is 0 Å². The second kappa shape index (κ2) is 9.08. The predicted molar refractivity (Wildman–Crippen MR) is 113 cm³/mol. The zero-order valence-electron chi connectivity index (χ0n) is 16.7. The molecular formula is C22H26N4O2. The number of hydrogen-bond acceptors (Lipinski definition) is 6. The van der Waals surface area contributed by atoms with Gasteiger partial charge in [0, 0.05) is 18.3 Å². The number of aryl methyl sites for hydroxylation is 1. The highest BCUT2D eigenvalue weighted by molar-refractivity contribution is 5.63. The molecule has 2 N–H and O–H groups in total. The van der Waals surface area contributed by atoms with Gasteiger partial charge in [0.05, 0.1) is 18.9 Å². The van der Waals surface area contributed by atoms with Crippen LogP contribution in [0.5, 0.6) is 11.5 Å². The molecule has 1 aromatic heterocycles. The Kier molecular flexibility index (Phi) is 6.32. The van der Waals surface area contributed by atoms with Gasteiger partial charge >= 0.3 is 0 Å². The number of para-hydroxylation sites is 2. The Morgan fingerprint density at radius 3 is 2.46 bits per heavy atom. The first-order valence-corrected chi connectivity index (χ1v) is 9.28. The van der Waals surface area contributed by atoms with Crippen molar-refractivity contribution in [3.63, 3.8) is 0 Å². The van der Waals surface area contributed by atoms with Crippen LogP contribution in [0, 0.1) is 6.92 Å². The minimum absolute atomic E-state index is 0.0862. The first kappa shape index (κ1) is 19.5. The van der Waals surface area contributed by atoms with Gasteiger partial charge in [-0.25, -0.2) is 4.98 Å². The maximum absolute atomic E-state index is 5.86. The summed E-state index contributed by atoms with van der Waals surface area (Å²) >= 11 is 0. The average molecular weight is 378 g/mol. The van der Waals surface area contributed by atoms with Crippen LogP contribution in [0.15, 0.2) is 54.6 Å². The van der Waals surface area contributed by atoms with Crippen LogP contribution >= 0.6 is 0 Å². The molecule has 0 saturated carbocycles. The maximum atomic E-state index is 5.86. The van der Waals surface area contributed by atoms with E-state index in [-0.39, 0.29) is 6.10 Å². The Bertz CT molecular complexity index is 911. The molecule has 0 bridgehead atoms. The Labute approximate surface area is 166 Å². The SMILES string of the molecule is COc1ccc(CNc2cc(C)nc(Nc3ccccc3OC(C)C)n2)cc1. The number of benzene rings is 2. The van der Waals surface area contributed by atoms with Gasteiger partial charge in [-0.05, 0) is 50.6 Å². The van der Waals surface area contributed by atoms with E-state index < -0.39 is 0 Å². The number of aromatic nitrogens is 2. The van der Waals surface area contributed by atoms with Gasteiger partial charge in [-0.1, -0.05) is 24.3 Å². The third-order valence-electron chi connectivity index (χ3n) is 3.98. The van der Waals surface area contributed by atoms with Crippen molar-refractivity contribution in [1.82, 2.24) is 9.97 Å². The van der Waals surface area contributed by atoms with Gasteiger partial charge in [0.1, 0.15) is 17.3 Å². The molecule has 146 valence electrons. The molecule has 6 heteroatoms. The van der Waals surface area contributed by atoms with E-state index in [0.29, 0.717) is 12.5 Å². The van der Waals surface area contributed by atoms with E-state index in [4.69, 9.17) is 9.47 Å². The van der Waals surface area contributed by atoms with E-state index in [1.807, 2.05) is 75.4 Å². The van der Waals surface area contributed by atoms with Crippen molar-refractivity contribution in [1.29, 1.82) is 0 Å². The number of methoxy groups -OCH3 is 1. The lowest BCUT2D eigenvalue weighted by atomic mass is 10.2. The molecule has 0 aliphatic carbocycles. The zero-order chi connectivity index (χ0) is 19.9. The van der Waals surface area contributed by atoms with E-state index in [1.165, 1.54) is 0 Å². The lowest BCUT2D eigenvalue weighted by Gasteiger charge is -2.15. The van der Waals surface area contributed by atoms with Crippen molar-refractivity contribution in [2.75, 3.05) is 17.7 Å². The highest BCUT2D eigenvalue weighted by Crippen LogP contribution is 2.27. The Hall–Kier alpha value is -3.28. The number of anilines is 3. The summed E-state index contributed by atoms with van der Waals surface area (Å²) in [5, 5.41) is 6.62. The van der Waals surface area contributed by atoms with Gasteiger partial charge in [-0.2, -0.15) is 4.98 Å². The lowest BCUT2D eigenvalue weighted by Crippen LogP contribution is -2.09. The lowest BCUT2D eigenvalue weighted by molar-refractivity contribution is 0.244. The summed E-state index contributed by atoms with van der Waals surface area (Å²) in [7, 11) is 1.66. The predicted octanol–water partition coefficient (Wildman–Crippen LogP) is 4.94. The number of rotatable bonds is 8. The molecule has 0 saturated heterocycles. The molecule has 0 radical (unpaired) electrons. The molecule has 0 unspecified atom stereocenters. The smallest absolute Gasteiger partial charge is 0.229 e. The second-order valence-electron chi connectivity index (χ2n) is 6.71. The van der Waals surface area contributed by atoms with Crippen LogP contribution in [0.4, 0.5) is 17.5 Å². The monoisotopic (exact) mass is 378 g/mol. The molecule has 0 atom stereocenters. The van der Waals surface area contributed by atoms with E-state index in [1.54, 1.807) is 7.11 Å². The first-order chi connectivity index (χ1) is 13.5. The average Bonchev–Trinajstić information content (AvgIpc) is 2.67. The first-order valence-electron chi connectivity index (χ1n) is 9.28. The van der Waals surface area contributed by atoms with Gasteiger partial charge in [0.25, 0.3) is 0 Å². The molecule has 6 nitrogen and oxygen atoms in total. The van der Waals surface area contributed by atoms with Gasteiger partial charge in [-0.15, -0.1) is 0 Å². The van der Waals surface area contributed by atoms with Crippen LogP contribution in [0.1, 0.15) is 25.1 Å². The molecule has 1 heterocycles. The van der Waals surface area contributed by atoms with Gasteiger partial charge in [-0.3, -0.25) is 0 Å². The summed E-state index contributed by atoms with van der Waals surface area (Å²) in [4.78, 5) is 9.08. The van der Waals surface area contributed by atoms with Gasteiger partial charge in [0.2, 0.25) is 5.95 Å². The van der Waals surface area contributed by atoms with E-state index in [0.717, 1.165) is 34.3 Å². The van der Waals surface area contributed by atoms with Crippen LogP contribution in [0.25, 0.3) is 0 Å². The van der Waals surface area contributed by atoms with Crippen molar-refractivity contribution in [3.05, 3.63) is 65.9 Å². The topological polar surface area (TPSA) is 68.3 Å². The molecule has 0 fully saturated rings. The fraction of sp³-hybridized carbons (Fsp3) is 0.273. The summed E-state index contributed by atoms with van der Waals surface area (Å²) in [6.45, 7) is 6.61. The summed E-state index contributed by atoms with van der Waals surface area (Å²) in [5.74, 6) is 2.90. The fourth-order valence-corrected chi connectivity index (χ4v) is 2.70. The van der Waals surface area contributed by atoms with Crippen LogP contribution in [0.2, 0.25) is 0 Å². The van der Waals surface area contributed by atoms with Crippen LogP contribution in [0.3, 0.4) is 0 Å². The Morgan fingerprint density at radius 1 is 1.00 bits per heavy atom. The number of ether oxygens (including phenoxy) is 2. The molecule has 3 aromatic rings. The van der Waals surface area contributed by atoms with Crippen molar-refractivity contribution in [2.45, 2.75) is 33.4 Å². The molecular weight excluding hydrogens is 352 g/mol. The standard InChI is InChI=1S/C22H26N4O2/c1-15(2)28-20-8-6-5-7-19(20)25-22-24-16(3)13-21(26-22)23-14-17-9-11-18(27-4)12-10-17/h5-13,15H,14H2,1-4H3,(H2,23,24,25,26). The quantitative estimate of drug-likeness (QED) is 0.579. The molecule has 0 spiro atoms. The van der Waals surface area contributed by atoms with E-state index in [2.05, 4.69) is 20.6 Å². The van der Waals surface area contributed by atoms with Crippen molar-refractivity contribution in [3.8, 4) is 11.5 Å². The normalized spacial score (nSPS) is 10.6. The van der Waals surface area contributed by atoms with Crippen LogP contribution in [-0.4, -0.2) is 23.2 Å². The van der Waals surface area contributed by atoms with Crippen molar-refractivity contribution >= 4 is 17.5 Å². The molecule has 0 aliphatic heterocycles. The summed E-state index contributed by atoms with van der Waals surface area (Å²) in [6, 6.07) is 17.6. The molecule has 0 amide bonds. The number of nitrogens with zero attached hydrogens (tertiary/aromatic N) is 2. The summed E-state index contributed by atoms with van der Waals surface area (Å²) in [6.07, 6.45) is 0.0862. The molecule has 3 rings (SSSR count). The summed E-state index contributed by atoms with van der Waals surface area (Å²) < 4.78 is 11.1. The van der Waals surface area contributed by atoms with Gasteiger partial charge < -0.3 is 20.1 Å². The number of nitrogens with one attached hydrogen (secondary N) is 2. The molecule has 28 heavy (non-hydrogen) atoms.